The molecule has 0 aromatic heterocycles. The van der Waals surface area contributed by atoms with Crippen molar-refractivity contribution in [2.75, 3.05) is 26.2 Å². The monoisotopic (exact) mass is 340 g/mol. The minimum Gasteiger partial charge on any atom is -0.357 e. The number of alkyl halides is 2. The number of allylic oxidation sites excluding steroid dienone is 2. The molecule has 2 N–H and O–H groups in total. The van der Waals surface area contributed by atoms with Crippen LogP contribution in [0.5, 0.6) is 0 Å². The lowest BCUT2D eigenvalue weighted by Crippen LogP contribution is -2.43. The van der Waals surface area contributed by atoms with E-state index in [9.17, 15) is 18.4 Å². The van der Waals surface area contributed by atoms with Crippen LogP contribution in [-0.4, -0.2) is 55.3 Å². The second kappa shape index (κ2) is 6.86. The summed E-state index contributed by atoms with van der Waals surface area (Å²) in [7, 11) is 0. The number of fused-ring (bicyclic) bond motifs is 5. The Morgan fingerprint density at radius 3 is 2.42 bits per heavy atom. The van der Waals surface area contributed by atoms with Gasteiger partial charge in [0.1, 0.15) is 6.54 Å². The first kappa shape index (κ1) is 16.9. The first-order valence-electron chi connectivity index (χ1n) is 8.36. The Balaban J connectivity index is 1.54. The second-order valence-electron chi connectivity index (χ2n) is 6.37. The standard InChI is InChI=1S/C16H22F2N4O2/c1-2-19-16(21-8-11(17)18)20-5-6-22-14(23)12-9-3-4-10(7-9)13(12)15(22)24/h3-4,9-13H,2,5-8H2,1H3,(H2,19,20,21). The van der Waals surface area contributed by atoms with E-state index in [0.717, 1.165) is 6.42 Å². The average Bonchev–Trinajstić information content (AvgIpc) is 3.21. The van der Waals surface area contributed by atoms with Gasteiger partial charge in [0.2, 0.25) is 11.8 Å². The lowest BCUT2D eigenvalue weighted by atomic mass is 9.85. The molecule has 6 nitrogen and oxygen atoms in total. The Morgan fingerprint density at radius 2 is 1.88 bits per heavy atom. The maximum atomic E-state index is 12.5. The van der Waals surface area contributed by atoms with Crippen LogP contribution in [0.3, 0.4) is 0 Å². The molecule has 1 saturated carbocycles. The van der Waals surface area contributed by atoms with Crippen LogP contribution < -0.4 is 10.6 Å². The van der Waals surface area contributed by atoms with Crippen LogP contribution in [0.1, 0.15) is 13.3 Å². The van der Waals surface area contributed by atoms with Gasteiger partial charge in [-0.25, -0.2) is 13.8 Å². The van der Waals surface area contributed by atoms with Gasteiger partial charge < -0.3 is 10.6 Å². The predicted octanol–water partition coefficient (Wildman–Crippen LogP) is 0.614. The fourth-order valence-electron chi connectivity index (χ4n) is 3.97. The normalized spacial score (nSPS) is 31.3. The van der Waals surface area contributed by atoms with E-state index >= 15 is 0 Å². The van der Waals surface area contributed by atoms with E-state index in [0.29, 0.717) is 6.54 Å². The van der Waals surface area contributed by atoms with Crippen molar-refractivity contribution in [2.45, 2.75) is 19.8 Å². The number of guanidine groups is 1. The van der Waals surface area contributed by atoms with Crippen LogP contribution in [0.25, 0.3) is 0 Å². The van der Waals surface area contributed by atoms with Gasteiger partial charge in [0.25, 0.3) is 6.43 Å². The quantitative estimate of drug-likeness (QED) is 0.322. The molecular formula is C16H22F2N4O2. The van der Waals surface area contributed by atoms with Crippen LogP contribution in [0.15, 0.2) is 17.1 Å². The third kappa shape index (κ3) is 3.01. The number of carbonyl (C=O) groups excluding carboxylic acids is 2. The number of imide groups is 1. The topological polar surface area (TPSA) is 73.8 Å². The molecule has 0 aromatic carbocycles. The second-order valence-corrected chi connectivity index (χ2v) is 6.37. The number of carbonyl (C=O) groups is 2. The third-order valence-corrected chi connectivity index (χ3v) is 4.92. The lowest BCUT2D eigenvalue weighted by Gasteiger charge is -2.18. The molecule has 1 aliphatic heterocycles. The van der Waals surface area contributed by atoms with E-state index in [1.807, 2.05) is 6.92 Å². The van der Waals surface area contributed by atoms with Crippen molar-refractivity contribution in [3.8, 4) is 0 Å². The molecule has 2 fully saturated rings. The zero-order valence-electron chi connectivity index (χ0n) is 13.5. The van der Waals surface area contributed by atoms with Gasteiger partial charge in [0.05, 0.1) is 11.8 Å². The summed E-state index contributed by atoms with van der Waals surface area (Å²) in [4.78, 5) is 30.1. The molecule has 3 aliphatic rings. The fraction of sp³-hybridized carbons (Fsp3) is 0.688. The van der Waals surface area contributed by atoms with E-state index < -0.39 is 13.0 Å². The van der Waals surface area contributed by atoms with E-state index in [-0.39, 0.29) is 54.5 Å². The van der Waals surface area contributed by atoms with Crippen molar-refractivity contribution < 1.29 is 18.4 Å². The summed E-state index contributed by atoms with van der Waals surface area (Å²) in [6, 6.07) is 0. The van der Waals surface area contributed by atoms with Crippen molar-refractivity contribution in [1.82, 2.24) is 15.5 Å². The predicted molar refractivity (Wildman–Crippen MR) is 84.4 cm³/mol. The molecule has 132 valence electrons. The number of nitrogens with zero attached hydrogens (tertiary/aromatic N) is 2. The Hall–Kier alpha value is -1.99. The van der Waals surface area contributed by atoms with Gasteiger partial charge in [-0.3, -0.25) is 14.5 Å². The smallest absolute Gasteiger partial charge is 0.257 e. The molecule has 0 radical (unpaired) electrons. The van der Waals surface area contributed by atoms with E-state index in [4.69, 9.17) is 0 Å². The van der Waals surface area contributed by atoms with Crippen LogP contribution in [0.4, 0.5) is 8.78 Å². The zero-order chi connectivity index (χ0) is 17.3. The molecule has 0 spiro atoms. The summed E-state index contributed by atoms with van der Waals surface area (Å²) in [5.41, 5.74) is 0. The molecule has 0 aromatic rings. The highest BCUT2D eigenvalue weighted by Crippen LogP contribution is 2.52. The van der Waals surface area contributed by atoms with Gasteiger partial charge in [0.15, 0.2) is 5.96 Å². The Labute approximate surface area is 139 Å². The van der Waals surface area contributed by atoms with Gasteiger partial charge in [-0.2, -0.15) is 0 Å². The van der Waals surface area contributed by atoms with Gasteiger partial charge in [-0.05, 0) is 25.2 Å². The molecule has 24 heavy (non-hydrogen) atoms. The molecule has 4 unspecified atom stereocenters. The van der Waals surface area contributed by atoms with Crippen LogP contribution >= 0.6 is 0 Å². The van der Waals surface area contributed by atoms with Crippen molar-refractivity contribution in [3.05, 3.63) is 12.2 Å². The molecule has 8 heteroatoms. The summed E-state index contributed by atoms with van der Waals surface area (Å²) in [6.45, 7) is 2.29. The molecule has 1 saturated heterocycles. The number of hydrogen-bond donors (Lipinski definition) is 2. The Morgan fingerprint density at radius 1 is 1.25 bits per heavy atom. The van der Waals surface area contributed by atoms with Crippen LogP contribution in [0.2, 0.25) is 0 Å². The summed E-state index contributed by atoms with van der Waals surface area (Å²) in [5.74, 6) is 0.0512. The van der Waals surface area contributed by atoms with E-state index in [1.165, 1.54) is 4.90 Å². The summed E-state index contributed by atoms with van der Waals surface area (Å²) < 4.78 is 24.5. The van der Waals surface area contributed by atoms with Gasteiger partial charge in [0, 0.05) is 19.6 Å². The maximum Gasteiger partial charge on any atom is 0.257 e. The molecule has 4 atom stereocenters. The minimum absolute atomic E-state index is 0.0989. The van der Waals surface area contributed by atoms with Crippen molar-refractivity contribution >= 4 is 17.8 Å². The van der Waals surface area contributed by atoms with Crippen molar-refractivity contribution in [3.63, 3.8) is 0 Å². The van der Waals surface area contributed by atoms with E-state index in [2.05, 4.69) is 27.8 Å². The molecular weight excluding hydrogens is 318 g/mol. The molecule has 1 heterocycles. The average molecular weight is 340 g/mol. The van der Waals surface area contributed by atoms with Gasteiger partial charge in [-0.1, -0.05) is 12.2 Å². The highest BCUT2D eigenvalue weighted by atomic mass is 19.3. The molecule has 3 rings (SSSR count). The number of nitrogens with one attached hydrogen (secondary N) is 2. The summed E-state index contributed by atoms with van der Waals surface area (Å²) >= 11 is 0. The van der Waals surface area contributed by atoms with Gasteiger partial charge >= 0.3 is 0 Å². The molecule has 2 bridgehead atoms. The first-order valence-corrected chi connectivity index (χ1v) is 8.36. The van der Waals surface area contributed by atoms with Crippen molar-refractivity contribution in [1.29, 1.82) is 0 Å². The number of likely N-dealkylation sites (tertiary alicyclic amines) is 1. The lowest BCUT2D eigenvalue weighted by molar-refractivity contribution is -0.140. The maximum absolute atomic E-state index is 12.5. The highest BCUT2D eigenvalue weighted by Gasteiger charge is 2.58. The van der Waals surface area contributed by atoms with E-state index in [1.54, 1.807) is 0 Å². The Bertz CT molecular complexity index is 548. The largest absolute Gasteiger partial charge is 0.357 e. The third-order valence-electron chi connectivity index (χ3n) is 4.92. The Kier molecular flexibility index (Phi) is 4.82. The summed E-state index contributed by atoms with van der Waals surface area (Å²) in [5, 5.41) is 5.75. The number of hydrogen-bond acceptors (Lipinski definition) is 3. The first-order chi connectivity index (χ1) is 11.5. The highest BCUT2D eigenvalue weighted by molar-refractivity contribution is 6.06. The zero-order valence-corrected chi connectivity index (χ0v) is 13.5. The molecule has 2 amide bonds. The number of rotatable bonds is 6. The number of amides is 2. The van der Waals surface area contributed by atoms with Gasteiger partial charge in [-0.15, -0.1) is 0 Å². The minimum atomic E-state index is -2.51. The number of aliphatic imine (C=N–C) groups is 1. The summed E-state index contributed by atoms with van der Waals surface area (Å²) in [6.07, 6.45) is 2.51. The fourth-order valence-corrected chi connectivity index (χ4v) is 3.97. The van der Waals surface area contributed by atoms with Crippen LogP contribution in [0, 0.1) is 23.7 Å². The van der Waals surface area contributed by atoms with Crippen molar-refractivity contribution in [2.24, 2.45) is 28.7 Å². The van der Waals surface area contributed by atoms with Crippen LogP contribution in [-0.2, 0) is 9.59 Å². The number of halogens is 2. The molecule has 2 aliphatic carbocycles. The SMILES string of the molecule is CCNC(=NCC(F)F)NCCN1C(=O)C2C3C=CC(C3)C2C1=O.